The van der Waals surface area contributed by atoms with Crippen molar-refractivity contribution in [1.82, 2.24) is 0 Å². The van der Waals surface area contributed by atoms with E-state index in [0.717, 1.165) is 5.56 Å². The van der Waals surface area contributed by atoms with Crippen LogP contribution in [0.4, 0.5) is 5.69 Å². The van der Waals surface area contributed by atoms with Crippen LogP contribution in [0.25, 0.3) is 0 Å². The third-order valence-electron chi connectivity index (χ3n) is 1.97. The molecule has 0 fully saturated rings. The molecule has 14 heavy (non-hydrogen) atoms. The predicted octanol–water partition coefficient (Wildman–Crippen LogP) is 3.25. The largest absolute Gasteiger partial charge is 0.283 e. The summed E-state index contributed by atoms with van der Waals surface area (Å²) in [5, 5.41) is 10.7. The number of nitrogens with zero attached hydrogens (tertiary/aromatic N) is 1. The summed E-state index contributed by atoms with van der Waals surface area (Å²) >= 11 is 1.38. The van der Waals surface area contributed by atoms with E-state index in [2.05, 4.69) is 6.92 Å². The van der Waals surface area contributed by atoms with Crippen LogP contribution >= 0.6 is 11.8 Å². The minimum absolute atomic E-state index is 0.0737. The second kappa shape index (κ2) is 4.46. The molecule has 1 rings (SSSR count). The van der Waals surface area contributed by atoms with Gasteiger partial charge in [-0.3, -0.25) is 10.1 Å². The van der Waals surface area contributed by atoms with Gasteiger partial charge in [-0.2, -0.15) is 0 Å². The molecule has 0 heterocycles. The van der Waals surface area contributed by atoms with Gasteiger partial charge in [-0.1, -0.05) is 13.0 Å². The highest BCUT2D eigenvalue weighted by molar-refractivity contribution is 7.98. The third-order valence-corrected chi connectivity index (χ3v) is 2.75. The maximum atomic E-state index is 10.7. The second-order valence-corrected chi connectivity index (χ2v) is 3.94. The van der Waals surface area contributed by atoms with Gasteiger partial charge in [0.15, 0.2) is 0 Å². The van der Waals surface area contributed by atoms with Gasteiger partial charge in [-0.25, -0.2) is 0 Å². The molecular weight excluding hydrogens is 198 g/mol. The average molecular weight is 210 g/mol. The van der Waals surface area contributed by atoms with Crippen molar-refractivity contribution in [3.63, 3.8) is 0 Å². The SMILES string of the molecule is [CH2]C(C)c1ccc(SC)c([N+](=O)[O-])c1. The van der Waals surface area contributed by atoms with E-state index in [1.165, 1.54) is 11.8 Å². The Balaban J connectivity index is 3.21. The number of hydrogen-bond acceptors (Lipinski definition) is 3. The molecule has 0 spiro atoms. The molecule has 1 atom stereocenters. The number of thioether (sulfide) groups is 1. The molecule has 0 amide bonds. The maximum absolute atomic E-state index is 10.7. The molecule has 3 nitrogen and oxygen atoms in total. The van der Waals surface area contributed by atoms with Crippen LogP contribution in [-0.2, 0) is 0 Å². The lowest BCUT2D eigenvalue weighted by Crippen LogP contribution is -1.94. The number of benzene rings is 1. The lowest BCUT2D eigenvalue weighted by Gasteiger charge is -2.06. The van der Waals surface area contributed by atoms with E-state index >= 15 is 0 Å². The second-order valence-electron chi connectivity index (χ2n) is 3.09. The van der Waals surface area contributed by atoms with Crippen LogP contribution in [0.3, 0.4) is 0 Å². The van der Waals surface area contributed by atoms with Crippen molar-refractivity contribution < 1.29 is 4.92 Å². The Morgan fingerprint density at radius 2 is 2.21 bits per heavy atom. The summed E-state index contributed by atoms with van der Waals surface area (Å²) in [6, 6.07) is 5.26. The van der Waals surface area contributed by atoms with Gasteiger partial charge in [-0.15, -0.1) is 11.8 Å². The Morgan fingerprint density at radius 1 is 1.57 bits per heavy atom. The van der Waals surface area contributed by atoms with E-state index in [4.69, 9.17) is 0 Å². The summed E-state index contributed by atoms with van der Waals surface area (Å²) in [5.74, 6) is 0.0737. The summed E-state index contributed by atoms with van der Waals surface area (Å²) in [7, 11) is 0. The molecule has 1 aromatic carbocycles. The molecule has 0 saturated carbocycles. The van der Waals surface area contributed by atoms with Crippen molar-refractivity contribution in [1.29, 1.82) is 0 Å². The van der Waals surface area contributed by atoms with Crippen LogP contribution in [0.5, 0.6) is 0 Å². The summed E-state index contributed by atoms with van der Waals surface area (Å²) < 4.78 is 0. The standard InChI is InChI=1S/C10H12NO2S/c1-7(2)8-4-5-10(14-3)9(6-8)11(12)13/h4-7H,1H2,2-3H3. The van der Waals surface area contributed by atoms with Gasteiger partial charge >= 0.3 is 0 Å². The molecule has 1 radical (unpaired) electrons. The fourth-order valence-electron chi connectivity index (χ4n) is 1.16. The summed E-state index contributed by atoms with van der Waals surface area (Å²) in [6.45, 7) is 5.75. The van der Waals surface area contributed by atoms with Crippen LogP contribution in [0.15, 0.2) is 23.1 Å². The van der Waals surface area contributed by atoms with Gasteiger partial charge in [0, 0.05) is 6.07 Å². The highest BCUT2D eigenvalue weighted by Gasteiger charge is 2.14. The van der Waals surface area contributed by atoms with Crippen molar-refractivity contribution in [3.05, 3.63) is 40.8 Å². The highest BCUT2D eigenvalue weighted by atomic mass is 32.2. The predicted molar refractivity (Wildman–Crippen MR) is 58.6 cm³/mol. The van der Waals surface area contributed by atoms with Crippen molar-refractivity contribution in [2.24, 2.45) is 0 Å². The molecule has 0 saturated heterocycles. The lowest BCUT2D eigenvalue weighted by atomic mass is 10.0. The molecule has 1 unspecified atom stereocenters. The fraction of sp³-hybridized carbons (Fsp3) is 0.300. The van der Waals surface area contributed by atoms with Gasteiger partial charge in [0.25, 0.3) is 5.69 Å². The maximum Gasteiger partial charge on any atom is 0.283 e. The van der Waals surface area contributed by atoms with E-state index < -0.39 is 0 Å². The first-order valence-electron chi connectivity index (χ1n) is 4.21. The van der Waals surface area contributed by atoms with Gasteiger partial charge < -0.3 is 0 Å². The zero-order chi connectivity index (χ0) is 10.7. The number of hydrogen-bond donors (Lipinski definition) is 0. The number of rotatable bonds is 3. The van der Waals surface area contributed by atoms with Crippen molar-refractivity contribution in [3.8, 4) is 0 Å². The van der Waals surface area contributed by atoms with Gasteiger partial charge in [0.05, 0.1) is 9.82 Å². The fourth-order valence-corrected chi connectivity index (χ4v) is 1.70. The first kappa shape index (κ1) is 11.0. The van der Waals surface area contributed by atoms with E-state index in [1.807, 2.05) is 19.2 Å². The molecule has 0 N–H and O–H groups in total. The Labute approximate surface area is 87.7 Å². The average Bonchev–Trinajstić information content (AvgIpc) is 2.16. The first-order valence-corrected chi connectivity index (χ1v) is 5.44. The Morgan fingerprint density at radius 3 is 2.64 bits per heavy atom. The summed E-state index contributed by atoms with van der Waals surface area (Å²) in [4.78, 5) is 11.1. The van der Waals surface area contributed by atoms with Gasteiger partial charge in [0.1, 0.15) is 0 Å². The third kappa shape index (κ3) is 2.26. The topological polar surface area (TPSA) is 43.1 Å². The first-order chi connectivity index (χ1) is 6.56. The van der Waals surface area contributed by atoms with E-state index in [-0.39, 0.29) is 16.5 Å². The molecular formula is C10H12NO2S. The molecule has 0 aliphatic rings. The Kier molecular flexibility index (Phi) is 3.52. The van der Waals surface area contributed by atoms with E-state index in [0.29, 0.717) is 4.90 Å². The minimum atomic E-state index is -0.349. The van der Waals surface area contributed by atoms with Crippen LogP contribution in [-0.4, -0.2) is 11.2 Å². The van der Waals surface area contributed by atoms with Crippen molar-refractivity contribution >= 4 is 17.4 Å². The molecule has 0 aromatic heterocycles. The zero-order valence-electron chi connectivity index (χ0n) is 8.19. The molecule has 0 bridgehead atoms. The summed E-state index contributed by atoms with van der Waals surface area (Å²) in [6.07, 6.45) is 1.83. The van der Waals surface area contributed by atoms with Crippen LogP contribution in [0, 0.1) is 17.0 Å². The molecule has 1 aromatic rings. The minimum Gasteiger partial charge on any atom is -0.258 e. The molecule has 0 aliphatic carbocycles. The van der Waals surface area contributed by atoms with Gasteiger partial charge in [0.2, 0.25) is 0 Å². The smallest absolute Gasteiger partial charge is 0.258 e. The lowest BCUT2D eigenvalue weighted by molar-refractivity contribution is -0.387. The van der Waals surface area contributed by atoms with E-state index in [1.54, 1.807) is 12.1 Å². The highest BCUT2D eigenvalue weighted by Crippen LogP contribution is 2.30. The van der Waals surface area contributed by atoms with Crippen LogP contribution < -0.4 is 0 Å². The van der Waals surface area contributed by atoms with Crippen LogP contribution in [0.1, 0.15) is 18.4 Å². The zero-order valence-corrected chi connectivity index (χ0v) is 9.00. The number of nitro benzene ring substituents is 1. The normalized spacial score (nSPS) is 10.6. The number of nitro groups is 1. The Bertz CT molecular complexity index is 350. The Hall–Kier alpha value is -1.03. The van der Waals surface area contributed by atoms with Crippen molar-refractivity contribution in [2.45, 2.75) is 17.7 Å². The van der Waals surface area contributed by atoms with Gasteiger partial charge in [-0.05, 0) is 30.7 Å². The monoisotopic (exact) mass is 210 g/mol. The molecule has 4 heteroatoms. The summed E-state index contributed by atoms with van der Waals surface area (Å²) in [5.41, 5.74) is 1.07. The molecule has 0 aliphatic heterocycles. The van der Waals surface area contributed by atoms with Crippen molar-refractivity contribution in [2.75, 3.05) is 6.26 Å². The van der Waals surface area contributed by atoms with E-state index in [9.17, 15) is 10.1 Å². The van der Waals surface area contributed by atoms with Crippen LogP contribution in [0.2, 0.25) is 0 Å². The quantitative estimate of drug-likeness (QED) is 0.437. The molecule has 75 valence electrons.